The van der Waals surface area contributed by atoms with E-state index >= 15 is 0 Å². The highest BCUT2D eigenvalue weighted by molar-refractivity contribution is 8.00. The zero-order chi connectivity index (χ0) is 18.5. The average Bonchev–Trinajstić information content (AvgIpc) is 2.73. The van der Waals surface area contributed by atoms with E-state index in [0.29, 0.717) is 11.7 Å². The molecule has 0 bridgehead atoms. The van der Waals surface area contributed by atoms with Gasteiger partial charge in [-0.25, -0.2) is 4.98 Å². The molecule has 0 spiro atoms. The molecule has 1 amide bonds. The van der Waals surface area contributed by atoms with Gasteiger partial charge >= 0.3 is 0 Å². The summed E-state index contributed by atoms with van der Waals surface area (Å²) in [7, 11) is 0. The summed E-state index contributed by atoms with van der Waals surface area (Å²) in [6.45, 7) is 4.21. The molecule has 2 aliphatic rings. The number of hydrogen-bond acceptors (Lipinski definition) is 5. The molecule has 2 aliphatic heterocycles. The van der Waals surface area contributed by atoms with E-state index in [2.05, 4.69) is 27.0 Å². The summed E-state index contributed by atoms with van der Waals surface area (Å²) in [6, 6.07) is 10.1. The summed E-state index contributed by atoms with van der Waals surface area (Å²) < 4.78 is 0. The number of rotatable bonds is 6. The second kappa shape index (κ2) is 8.85. The summed E-state index contributed by atoms with van der Waals surface area (Å²) in [5.74, 6) is 1.43. The Morgan fingerprint density at radius 2 is 1.89 bits per heavy atom. The summed E-state index contributed by atoms with van der Waals surface area (Å²) in [5.41, 5.74) is 2.17. The fourth-order valence-electron chi connectivity index (χ4n) is 3.92. The maximum Gasteiger partial charge on any atom is 0.237 e. The van der Waals surface area contributed by atoms with Crippen LogP contribution in [0, 0.1) is 5.92 Å². The molecule has 0 atom stereocenters. The normalized spacial score (nSPS) is 18.5. The monoisotopic (exact) mass is 382 g/mol. The molecule has 27 heavy (non-hydrogen) atoms. The lowest BCUT2D eigenvalue weighted by Crippen LogP contribution is -2.39. The fourth-order valence-corrected chi connectivity index (χ4v) is 4.79. The Bertz CT molecular complexity index is 762. The maximum atomic E-state index is 12.4. The Balaban J connectivity index is 1.23. The van der Waals surface area contributed by atoms with E-state index in [0.717, 1.165) is 49.7 Å². The van der Waals surface area contributed by atoms with Gasteiger partial charge in [0.1, 0.15) is 5.03 Å². The van der Waals surface area contributed by atoms with E-state index in [4.69, 9.17) is 0 Å². The number of likely N-dealkylation sites (tertiary alicyclic amines) is 1. The number of anilines is 1. The third-order valence-corrected chi connectivity index (χ3v) is 6.53. The highest BCUT2D eigenvalue weighted by atomic mass is 32.2. The summed E-state index contributed by atoms with van der Waals surface area (Å²) in [6.07, 6.45) is 8.22. The second-order valence-electron chi connectivity index (χ2n) is 7.31. The van der Waals surface area contributed by atoms with Crippen molar-refractivity contribution in [2.45, 2.75) is 30.7 Å². The van der Waals surface area contributed by atoms with Gasteiger partial charge in [-0.05, 0) is 62.5 Å². The van der Waals surface area contributed by atoms with Crippen LogP contribution in [-0.4, -0.2) is 52.7 Å². The molecule has 1 fully saturated rings. The molecule has 0 aliphatic carbocycles. The van der Waals surface area contributed by atoms with Crippen LogP contribution in [0.3, 0.4) is 0 Å². The molecule has 1 saturated heterocycles. The van der Waals surface area contributed by atoms with Crippen LogP contribution >= 0.6 is 11.8 Å². The van der Waals surface area contributed by atoms with Crippen molar-refractivity contribution in [3.63, 3.8) is 0 Å². The first-order valence-corrected chi connectivity index (χ1v) is 10.8. The first-order chi connectivity index (χ1) is 13.3. The topological polar surface area (TPSA) is 49.3 Å². The molecule has 0 saturated carbocycles. The van der Waals surface area contributed by atoms with E-state index in [1.54, 1.807) is 18.0 Å². The van der Waals surface area contributed by atoms with Crippen molar-refractivity contribution in [1.82, 2.24) is 14.9 Å². The van der Waals surface area contributed by atoms with Crippen LogP contribution < -0.4 is 4.90 Å². The van der Waals surface area contributed by atoms with E-state index in [1.165, 1.54) is 18.5 Å². The lowest BCUT2D eigenvalue weighted by molar-refractivity contribution is -0.116. The Morgan fingerprint density at radius 3 is 2.70 bits per heavy atom. The van der Waals surface area contributed by atoms with Gasteiger partial charge in [-0.2, -0.15) is 0 Å². The molecule has 4 rings (SSSR count). The quantitative estimate of drug-likeness (QED) is 0.767. The highest BCUT2D eigenvalue weighted by Gasteiger charge is 2.27. The van der Waals surface area contributed by atoms with Crippen molar-refractivity contribution in [2.24, 2.45) is 5.92 Å². The number of carbonyl (C=O) groups is 1. The largest absolute Gasteiger partial charge is 0.309 e. The Labute approximate surface area is 165 Å². The summed E-state index contributed by atoms with van der Waals surface area (Å²) in [4.78, 5) is 25.7. The van der Waals surface area contributed by atoms with Gasteiger partial charge in [-0.1, -0.05) is 17.8 Å². The molecule has 142 valence electrons. The van der Waals surface area contributed by atoms with Crippen LogP contribution in [0.5, 0.6) is 0 Å². The first kappa shape index (κ1) is 18.4. The molecule has 0 unspecified atom stereocenters. The third kappa shape index (κ3) is 4.68. The number of nitrogens with zero attached hydrogens (tertiary/aromatic N) is 4. The molecule has 0 radical (unpaired) electrons. The zero-order valence-electron chi connectivity index (χ0n) is 15.6. The van der Waals surface area contributed by atoms with Crippen molar-refractivity contribution in [3.8, 4) is 0 Å². The highest BCUT2D eigenvalue weighted by Crippen LogP contribution is 2.33. The first-order valence-electron chi connectivity index (χ1n) is 9.80. The lowest BCUT2D eigenvalue weighted by Gasteiger charge is -2.34. The lowest BCUT2D eigenvalue weighted by atomic mass is 9.93. The molecule has 2 aromatic heterocycles. The Morgan fingerprint density at radius 1 is 1.04 bits per heavy atom. The number of piperidine rings is 1. The number of hydrogen-bond donors (Lipinski definition) is 0. The van der Waals surface area contributed by atoms with Gasteiger partial charge in [0.05, 0.1) is 11.4 Å². The van der Waals surface area contributed by atoms with Gasteiger partial charge in [0.25, 0.3) is 0 Å². The van der Waals surface area contributed by atoms with E-state index in [9.17, 15) is 4.79 Å². The van der Waals surface area contributed by atoms with Crippen molar-refractivity contribution >= 4 is 23.4 Å². The van der Waals surface area contributed by atoms with Crippen LogP contribution in [0.1, 0.15) is 25.0 Å². The van der Waals surface area contributed by atoms with Gasteiger partial charge in [0, 0.05) is 37.6 Å². The van der Waals surface area contributed by atoms with Gasteiger partial charge in [0.15, 0.2) is 0 Å². The van der Waals surface area contributed by atoms with E-state index < -0.39 is 0 Å². The van der Waals surface area contributed by atoms with Crippen molar-refractivity contribution in [3.05, 3.63) is 48.4 Å². The molecule has 0 N–H and O–H groups in total. The Hall–Kier alpha value is -1.92. The van der Waals surface area contributed by atoms with E-state index in [-0.39, 0.29) is 5.91 Å². The van der Waals surface area contributed by atoms with Crippen LogP contribution in [0.15, 0.2) is 47.8 Å². The maximum absolute atomic E-state index is 12.4. The molecule has 2 aromatic rings. The minimum Gasteiger partial charge on any atom is -0.309 e. The van der Waals surface area contributed by atoms with Crippen LogP contribution in [0.2, 0.25) is 0 Å². The standard InChI is InChI=1S/C21H26N4OS/c26-20-16-27-21-19(5-3-11-23-21)25(20)15-8-17-6-12-24(13-7-17)14-9-18-4-1-2-10-22-18/h1-5,10-11,17H,6-9,12-16H2. The van der Waals surface area contributed by atoms with Crippen molar-refractivity contribution in [2.75, 3.05) is 36.8 Å². The fraction of sp³-hybridized carbons (Fsp3) is 0.476. The number of amides is 1. The predicted octanol–water partition coefficient (Wildman–Crippen LogP) is 3.26. The minimum atomic E-state index is 0.216. The summed E-state index contributed by atoms with van der Waals surface area (Å²) >= 11 is 1.55. The van der Waals surface area contributed by atoms with Crippen LogP contribution in [-0.2, 0) is 11.2 Å². The van der Waals surface area contributed by atoms with Gasteiger partial charge in [-0.15, -0.1) is 0 Å². The van der Waals surface area contributed by atoms with Crippen LogP contribution in [0.4, 0.5) is 5.69 Å². The van der Waals surface area contributed by atoms with Gasteiger partial charge in [0.2, 0.25) is 5.91 Å². The molecule has 0 aromatic carbocycles. The van der Waals surface area contributed by atoms with Crippen molar-refractivity contribution < 1.29 is 4.79 Å². The SMILES string of the molecule is O=C1CSc2ncccc2N1CCC1CCN(CCc2ccccn2)CC1. The molecular formula is C21H26N4OS. The van der Waals surface area contributed by atoms with Crippen molar-refractivity contribution in [1.29, 1.82) is 0 Å². The zero-order valence-corrected chi connectivity index (χ0v) is 16.4. The molecule has 4 heterocycles. The van der Waals surface area contributed by atoms with E-state index in [1.807, 2.05) is 29.3 Å². The Kier molecular flexibility index (Phi) is 6.04. The number of aromatic nitrogens is 2. The number of carbonyl (C=O) groups excluding carboxylic acids is 1. The third-order valence-electron chi connectivity index (χ3n) is 5.55. The van der Waals surface area contributed by atoms with Gasteiger partial charge in [-0.3, -0.25) is 9.78 Å². The molecule has 6 heteroatoms. The number of pyridine rings is 2. The summed E-state index contributed by atoms with van der Waals surface area (Å²) in [5, 5.41) is 0.987. The average molecular weight is 383 g/mol. The second-order valence-corrected chi connectivity index (χ2v) is 8.27. The molecule has 5 nitrogen and oxygen atoms in total. The molecular weight excluding hydrogens is 356 g/mol. The van der Waals surface area contributed by atoms with Gasteiger partial charge < -0.3 is 9.80 Å². The van der Waals surface area contributed by atoms with Crippen LogP contribution in [0.25, 0.3) is 0 Å². The number of thioether (sulfide) groups is 1. The number of fused-ring (bicyclic) bond motifs is 1. The minimum absolute atomic E-state index is 0.216. The predicted molar refractivity (Wildman–Crippen MR) is 109 cm³/mol. The smallest absolute Gasteiger partial charge is 0.237 e.